The van der Waals surface area contributed by atoms with Gasteiger partial charge in [-0.15, -0.1) is 11.3 Å². The normalized spacial score (nSPS) is 13.1. The molecule has 0 radical (unpaired) electrons. The van der Waals surface area contributed by atoms with Crippen LogP contribution in [0.3, 0.4) is 0 Å². The van der Waals surface area contributed by atoms with Crippen LogP contribution in [-0.4, -0.2) is 34.9 Å². The number of oxazole rings is 1. The third kappa shape index (κ3) is 6.33. The molecule has 3 aromatic rings. The fourth-order valence-electron chi connectivity index (χ4n) is 3.61. The molecule has 1 unspecified atom stereocenters. The first-order valence-corrected chi connectivity index (χ1v) is 11.9. The van der Waals surface area contributed by atoms with Gasteiger partial charge in [-0.25, -0.2) is 9.78 Å². The molecule has 0 saturated carbocycles. The summed E-state index contributed by atoms with van der Waals surface area (Å²) in [7, 11) is 0. The summed E-state index contributed by atoms with van der Waals surface area (Å²) in [5.74, 6) is 1.45. The minimum atomic E-state index is -0.947. The van der Waals surface area contributed by atoms with Crippen LogP contribution in [0, 0.1) is 12.3 Å². The highest BCUT2D eigenvalue weighted by atomic mass is 32.1. The van der Waals surface area contributed by atoms with Gasteiger partial charge in [0.2, 0.25) is 0 Å². The molecule has 0 fully saturated rings. The Bertz CT molecular complexity index is 1060. The van der Waals surface area contributed by atoms with Crippen LogP contribution in [0.25, 0.3) is 10.1 Å². The van der Waals surface area contributed by atoms with Crippen molar-refractivity contribution in [1.82, 2.24) is 4.98 Å². The maximum atomic E-state index is 11.6. The number of carboxylic acids is 1. The molecule has 2 heterocycles. The van der Waals surface area contributed by atoms with Crippen LogP contribution in [0.2, 0.25) is 0 Å². The minimum Gasteiger partial charge on any atom is -0.493 e. The van der Waals surface area contributed by atoms with Gasteiger partial charge in [-0.2, -0.15) is 0 Å². The number of benzene rings is 1. The lowest BCUT2D eigenvalue weighted by Gasteiger charge is -2.17. The van der Waals surface area contributed by atoms with Gasteiger partial charge >= 0.3 is 5.97 Å². The summed E-state index contributed by atoms with van der Waals surface area (Å²) < 4.78 is 18.5. The minimum absolute atomic E-state index is 0.122. The Hall–Kier alpha value is -2.38. The number of rotatable bonds is 10. The fraction of sp³-hybridized carbons (Fsp3) is 0.520. The maximum Gasteiger partial charge on any atom is 0.333 e. The van der Waals surface area contributed by atoms with Crippen LogP contribution in [0.15, 0.2) is 28.0 Å². The van der Waals surface area contributed by atoms with Gasteiger partial charge in [0.1, 0.15) is 11.5 Å². The number of aliphatic carboxylic acids is 1. The first kappa shape index (κ1) is 24.3. The lowest BCUT2D eigenvalue weighted by molar-refractivity contribution is -0.153. The van der Waals surface area contributed by atoms with E-state index in [0.29, 0.717) is 19.4 Å². The second-order valence-electron chi connectivity index (χ2n) is 9.55. The standard InChI is InChI=1S/C25H33NO5S/c1-15(2)30-21(24(27)28)13-17-7-8-20(18-10-12-32-23(17)18)29-11-9-19-16(3)31-22(26-19)14-25(4,5)6/h7-8,10,12,15,21H,9,11,13-14H2,1-6H3,(H,27,28). The second kappa shape index (κ2) is 10.0. The summed E-state index contributed by atoms with van der Waals surface area (Å²) >= 11 is 1.59. The van der Waals surface area contributed by atoms with Gasteiger partial charge in [-0.3, -0.25) is 0 Å². The molecule has 0 spiro atoms. The van der Waals surface area contributed by atoms with Gasteiger partial charge in [0, 0.05) is 29.3 Å². The molecular formula is C25H33NO5S. The molecule has 7 heteroatoms. The van der Waals surface area contributed by atoms with E-state index in [1.807, 2.05) is 44.4 Å². The smallest absolute Gasteiger partial charge is 0.333 e. The van der Waals surface area contributed by atoms with Gasteiger partial charge < -0.3 is 19.0 Å². The molecule has 1 N–H and O–H groups in total. The van der Waals surface area contributed by atoms with Crippen LogP contribution in [0.5, 0.6) is 5.75 Å². The molecule has 0 amide bonds. The first-order valence-electron chi connectivity index (χ1n) is 11.0. The highest BCUT2D eigenvalue weighted by Gasteiger charge is 2.22. The number of aromatic nitrogens is 1. The predicted molar refractivity (Wildman–Crippen MR) is 127 cm³/mol. The van der Waals surface area contributed by atoms with Gasteiger partial charge in [0.25, 0.3) is 0 Å². The summed E-state index contributed by atoms with van der Waals surface area (Å²) in [5, 5.41) is 12.5. The Kier molecular flexibility index (Phi) is 7.62. The summed E-state index contributed by atoms with van der Waals surface area (Å²) in [6, 6.07) is 5.87. The molecule has 2 aromatic heterocycles. The van der Waals surface area contributed by atoms with Crippen molar-refractivity contribution < 1.29 is 23.8 Å². The van der Waals surface area contributed by atoms with Crippen molar-refractivity contribution in [3.63, 3.8) is 0 Å². The summed E-state index contributed by atoms with van der Waals surface area (Å²) in [6.07, 6.45) is 0.755. The molecule has 32 heavy (non-hydrogen) atoms. The molecule has 0 saturated heterocycles. The van der Waals surface area contributed by atoms with Crippen molar-refractivity contribution in [3.8, 4) is 5.75 Å². The van der Waals surface area contributed by atoms with E-state index in [1.54, 1.807) is 11.3 Å². The zero-order valence-corrected chi connectivity index (χ0v) is 20.5. The third-order valence-electron chi connectivity index (χ3n) is 4.99. The summed E-state index contributed by atoms with van der Waals surface area (Å²) in [4.78, 5) is 16.3. The van der Waals surface area contributed by atoms with E-state index in [-0.39, 0.29) is 11.5 Å². The molecule has 3 rings (SSSR count). The summed E-state index contributed by atoms with van der Waals surface area (Å²) in [5.41, 5.74) is 2.00. The highest BCUT2D eigenvalue weighted by molar-refractivity contribution is 7.17. The van der Waals surface area contributed by atoms with E-state index in [2.05, 4.69) is 25.8 Å². The van der Waals surface area contributed by atoms with E-state index in [9.17, 15) is 9.90 Å². The SMILES string of the molecule is Cc1oc(CC(C)(C)C)nc1CCOc1ccc(CC(OC(C)C)C(=O)O)c2sccc12. The Labute approximate surface area is 193 Å². The van der Waals surface area contributed by atoms with Crippen molar-refractivity contribution in [3.05, 3.63) is 46.5 Å². The Balaban J connectivity index is 1.69. The van der Waals surface area contributed by atoms with E-state index in [0.717, 1.165) is 45.2 Å². The molecule has 0 aliphatic rings. The van der Waals surface area contributed by atoms with Crippen molar-refractivity contribution >= 4 is 27.4 Å². The van der Waals surface area contributed by atoms with E-state index >= 15 is 0 Å². The Morgan fingerprint density at radius 1 is 1.25 bits per heavy atom. The molecule has 1 aromatic carbocycles. The molecule has 0 aliphatic heterocycles. The molecule has 6 nitrogen and oxygen atoms in total. The van der Waals surface area contributed by atoms with Gasteiger partial charge in [0.15, 0.2) is 12.0 Å². The number of thiophene rings is 1. The predicted octanol–water partition coefficient (Wildman–Crippen LogP) is 5.83. The van der Waals surface area contributed by atoms with Crippen LogP contribution in [-0.2, 0) is 28.8 Å². The van der Waals surface area contributed by atoms with Gasteiger partial charge in [-0.05, 0) is 49.3 Å². The molecule has 0 aliphatic carbocycles. The van der Waals surface area contributed by atoms with Crippen LogP contribution >= 0.6 is 11.3 Å². The number of hydrogen-bond acceptors (Lipinski definition) is 6. The van der Waals surface area contributed by atoms with Crippen molar-refractivity contribution in [2.45, 2.75) is 73.0 Å². The lowest BCUT2D eigenvalue weighted by Crippen LogP contribution is -2.29. The van der Waals surface area contributed by atoms with Crippen molar-refractivity contribution in [1.29, 1.82) is 0 Å². The lowest BCUT2D eigenvalue weighted by atomic mass is 9.92. The fourth-order valence-corrected chi connectivity index (χ4v) is 4.55. The highest BCUT2D eigenvalue weighted by Crippen LogP contribution is 2.34. The average Bonchev–Trinajstić information content (AvgIpc) is 3.28. The summed E-state index contributed by atoms with van der Waals surface area (Å²) in [6.45, 7) is 12.6. The van der Waals surface area contributed by atoms with Crippen molar-refractivity contribution in [2.24, 2.45) is 5.41 Å². The van der Waals surface area contributed by atoms with E-state index < -0.39 is 12.1 Å². The number of carboxylic acid groups (broad SMARTS) is 1. The molecular weight excluding hydrogens is 426 g/mol. The zero-order valence-electron chi connectivity index (χ0n) is 19.7. The quantitative estimate of drug-likeness (QED) is 0.411. The average molecular weight is 460 g/mol. The monoisotopic (exact) mass is 459 g/mol. The molecule has 0 bridgehead atoms. The Morgan fingerprint density at radius 3 is 2.66 bits per heavy atom. The van der Waals surface area contributed by atoms with Crippen molar-refractivity contribution in [2.75, 3.05) is 6.61 Å². The number of fused-ring (bicyclic) bond motifs is 1. The van der Waals surface area contributed by atoms with E-state index in [1.165, 1.54) is 0 Å². The number of aryl methyl sites for hydroxylation is 1. The van der Waals surface area contributed by atoms with E-state index in [4.69, 9.17) is 13.9 Å². The second-order valence-corrected chi connectivity index (χ2v) is 10.5. The maximum absolute atomic E-state index is 11.6. The third-order valence-corrected chi connectivity index (χ3v) is 5.98. The topological polar surface area (TPSA) is 81.8 Å². The number of ether oxygens (including phenoxy) is 2. The van der Waals surface area contributed by atoms with Gasteiger partial charge in [-0.1, -0.05) is 26.8 Å². The van der Waals surface area contributed by atoms with Crippen LogP contribution < -0.4 is 4.74 Å². The van der Waals surface area contributed by atoms with Gasteiger partial charge in [0.05, 0.1) is 18.4 Å². The largest absolute Gasteiger partial charge is 0.493 e. The van der Waals surface area contributed by atoms with Crippen LogP contribution in [0.1, 0.15) is 57.5 Å². The number of carbonyl (C=O) groups is 1. The molecule has 1 atom stereocenters. The zero-order chi connectivity index (χ0) is 23.5. The first-order chi connectivity index (χ1) is 15.0. The number of hydrogen-bond donors (Lipinski definition) is 1. The number of nitrogens with zero attached hydrogens (tertiary/aromatic N) is 1. The molecule has 174 valence electrons. The Morgan fingerprint density at radius 2 is 2.00 bits per heavy atom. The van der Waals surface area contributed by atoms with Crippen LogP contribution in [0.4, 0.5) is 0 Å².